The molecule has 0 aliphatic carbocycles. The first-order valence-corrected chi connectivity index (χ1v) is 9.66. The van der Waals surface area contributed by atoms with Crippen LogP contribution >= 0.6 is 0 Å². The number of nitro groups is 1. The minimum atomic E-state index is -1.15. The minimum absolute atomic E-state index is 0.0485. The van der Waals surface area contributed by atoms with Crippen molar-refractivity contribution in [1.82, 2.24) is 4.98 Å². The fraction of sp³-hybridized carbons (Fsp3) is 0.429. The molecule has 1 unspecified atom stereocenters. The van der Waals surface area contributed by atoms with Crippen LogP contribution in [0.1, 0.15) is 42.4 Å². The highest BCUT2D eigenvalue weighted by molar-refractivity contribution is 5.94. The summed E-state index contributed by atoms with van der Waals surface area (Å²) < 4.78 is 32.3. The van der Waals surface area contributed by atoms with Gasteiger partial charge in [-0.3, -0.25) is 14.9 Å². The molecule has 0 radical (unpaired) electrons. The number of nitroso groups, excluding NO2 is 1. The molecule has 11 heteroatoms. The summed E-state index contributed by atoms with van der Waals surface area (Å²) in [5.41, 5.74) is -0.620. The van der Waals surface area contributed by atoms with Gasteiger partial charge in [0.2, 0.25) is 0 Å². The summed E-state index contributed by atoms with van der Waals surface area (Å²) in [6, 6.07) is 1.12. The Balaban J connectivity index is 3.13. The van der Waals surface area contributed by atoms with Gasteiger partial charge in [-0.2, -0.15) is 0 Å². The molecule has 1 rings (SSSR count). The lowest BCUT2D eigenvalue weighted by Gasteiger charge is -2.24. The Morgan fingerprint density at radius 2 is 2.22 bits per heavy atom. The molecule has 0 spiro atoms. The molecule has 0 saturated heterocycles. The number of anilines is 1. The highest BCUT2D eigenvalue weighted by Gasteiger charge is 2.26. The first-order valence-electron chi connectivity index (χ1n) is 9.66. The Morgan fingerprint density at radius 1 is 1.53 bits per heavy atom. The van der Waals surface area contributed by atoms with Crippen LogP contribution < -0.4 is 4.90 Å². The van der Waals surface area contributed by atoms with Gasteiger partial charge in [0.1, 0.15) is 29.9 Å². The van der Waals surface area contributed by atoms with Crippen LogP contribution in [-0.2, 0) is 4.74 Å². The van der Waals surface area contributed by atoms with Gasteiger partial charge in [-0.15, -0.1) is 11.3 Å². The maximum atomic E-state index is 14.2. The molecule has 9 nitrogen and oxygen atoms in total. The molecule has 0 saturated carbocycles. The van der Waals surface area contributed by atoms with E-state index < -0.39 is 29.4 Å². The highest BCUT2D eigenvalue weighted by atomic mass is 19.1. The third-order valence-corrected chi connectivity index (χ3v) is 4.46. The normalized spacial score (nSPS) is 12.6. The number of carbonyl (C=O) groups is 1. The summed E-state index contributed by atoms with van der Waals surface area (Å²) in [6.07, 6.45) is 7.31. The average Bonchev–Trinajstić information content (AvgIpc) is 2.76. The molecule has 1 aromatic heterocycles. The number of carbonyl (C=O) groups excluding carboxylic acids is 1. The number of halogens is 2. The van der Waals surface area contributed by atoms with Gasteiger partial charge in [-0.05, 0) is 19.4 Å². The van der Waals surface area contributed by atoms with Crippen molar-refractivity contribution in [2.75, 3.05) is 25.2 Å². The van der Waals surface area contributed by atoms with Crippen LogP contribution in [0.15, 0.2) is 35.0 Å². The van der Waals surface area contributed by atoms with Crippen molar-refractivity contribution < 1.29 is 23.2 Å². The van der Waals surface area contributed by atoms with Crippen molar-refractivity contribution >= 4 is 17.3 Å². The van der Waals surface area contributed by atoms with E-state index >= 15 is 0 Å². The molecule has 0 bridgehead atoms. The van der Waals surface area contributed by atoms with Crippen LogP contribution in [-0.4, -0.2) is 42.2 Å². The topological polar surface area (TPSA) is 115 Å². The number of amides is 1. The van der Waals surface area contributed by atoms with Crippen LogP contribution in [0.4, 0.5) is 20.2 Å². The number of hydrogen-bond acceptors (Lipinski definition) is 7. The third kappa shape index (κ3) is 7.23. The van der Waals surface area contributed by atoms with E-state index in [0.717, 1.165) is 12.1 Å². The quantitative estimate of drug-likeness (QED) is 0.114. The summed E-state index contributed by atoms with van der Waals surface area (Å²) in [7, 11) is 1.55. The van der Waals surface area contributed by atoms with E-state index in [4.69, 9.17) is 11.2 Å². The molecule has 0 fully saturated rings. The van der Waals surface area contributed by atoms with E-state index in [1.165, 1.54) is 17.9 Å². The first kappa shape index (κ1) is 26.4. The molecule has 1 amide bonds. The van der Waals surface area contributed by atoms with Gasteiger partial charge in [-0.25, -0.2) is 13.8 Å². The number of allylic oxidation sites excluding steroid dienone is 3. The maximum Gasteiger partial charge on any atom is 0.335 e. The number of ether oxygens (including phenoxy) is 1. The van der Waals surface area contributed by atoms with Crippen LogP contribution in [0.3, 0.4) is 0 Å². The average molecular weight is 450 g/mol. The summed E-state index contributed by atoms with van der Waals surface area (Å²) in [6.45, 7) is 2.54. The van der Waals surface area contributed by atoms with E-state index in [9.17, 15) is 28.6 Å². The Hall–Kier alpha value is -3.68. The maximum absolute atomic E-state index is 14.2. The van der Waals surface area contributed by atoms with Crippen molar-refractivity contribution in [2.45, 2.75) is 39.2 Å². The summed E-state index contributed by atoms with van der Waals surface area (Å²) >= 11 is 0. The van der Waals surface area contributed by atoms with Crippen molar-refractivity contribution in [3.05, 3.63) is 56.2 Å². The standard InChI is InChI=1S/C21H24F2N4O5/c1-5-8-16(23)19(9-7-11-22)32-15(6-2)10-12-26(4)18-13-17(21(28)25-29)24-14(3)20(18)27(30)31/h1,7,9,13,15H,6,8,10-12H2,2-4H3/b9-7-,19-16-. The Labute approximate surface area is 184 Å². The summed E-state index contributed by atoms with van der Waals surface area (Å²) in [4.78, 5) is 38.4. The molecule has 0 aromatic carbocycles. The van der Waals surface area contributed by atoms with Crippen molar-refractivity contribution in [1.29, 1.82) is 0 Å². The Bertz CT molecular complexity index is 956. The molecule has 172 valence electrons. The van der Waals surface area contributed by atoms with E-state index in [1.54, 1.807) is 14.0 Å². The SMILES string of the molecule is C#CC/C(F)=C(\C=C/CF)OC(CC)CCN(C)c1cc(C(=O)N=O)nc(C)c1[N+](=O)[O-]. The van der Waals surface area contributed by atoms with Gasteiger partial charge in [0.15, 0.2) is 11.6 Å². The van der Waals surface area contributed by atoms with Crippen molar-refractivity contribution in [3.8, 4) is 12.3 Å². The van der Waals surface area contributed by atoms with Crippen molar-refractivity contribution in [3.63, 3.8) is 0 Å². The number of rotatable bonds is 12. The lowest BCUT2D eigenvalue weighted by molar-refractivity contribution is -0.385. The molecule has 32 heavy (non-hydrogen) atoms. The Kier molecular flexibility index (Phi) is 10.6. The highest BCUT2D eigenvalue weighted by Crippen LogP contribution is 2.31. The molecular weight excluding hydrogens is 426 g/mol. The van der Waals surface area contributed by atoms with Crippen molar-refractivity contribution in [2.24, 2.45) is 5.18 Å². The number of pyridine rings is 1. The molecule has 0 aliphatic rings. The second kappa shape index (κ2) is 12.9. The number of aromatic nitrogens is 1. The summed E-state index contributed by atoms with van der Waals surface area (Å²) in [5.74, 6) is 0.116. The van der Waals surface area contributed by atoms with E-state index in [2.05, 4.69) is 16.1 Å². The smallest absolute Gasteiger partial charge is 0.335 e. The zero-order chi connectivity index (χ0) is 24.3. The van der Waals surface area contributed by atoms with Gasteiger partial charge in [0, 0.05) is 31.3 Å². The molecule has 1 heterocycles. The van der Waals surface area contributed by atoms with Gasteiger partial charge in [0.05, 0.1) is 11.3 Å². The van der Waals surface area contributed by atoms with Gasteiger partial charge in [-0.1, -0.05) is 18.9 Å². The lowest BCUT2D eigenvalue weighted by Crippen LogP contribution is -2.25. The van der Waals surface area contributed by atoms with Gasteiger partial charge in [0.25, 0.3) is 0 Å². The van der Waals surface area contributed by atoms with E-state index in [1.807, 2.05) is 0 Å². The monoisotopic (exact) mass is 450 g/mol. The number of hydrogen-bond donors (Lipinski definition) is 0. The molecule has 0 N–H and O–H groups in total. The predicted molar refractivity (Wildman–Crippen MR) is 116 cm³/mol. The first-order chi connectivity index (χ1) is 15.2. The molecule has 1 atom stereocenters. The second-order valence-corrected chi connectivity index (χ2v) is 6.68. The third-order valence-electron chi connectivity index (χ3n) is 4.46. The largest absolute Gasteiger partial charge is 0.488 e. The molecule has 0 aliphatic heterocycles. The molecule has 1 aromatic rings. The fourth-order valence-corrected chi connectivity index (χ4v) is 2.83. The Morgan fingerprint density at radius 3 is 2.75 bits per heavy atom. The van der Waals surface area contributed by atoms with Crippen LogP contribution in [0, 0.1) is 34.3 Å². The number of alkyl halides is 1. The molecular formula is C21H24F2N4O5. The zero-order valence-electron chi connectivity index (χ0n) is 18.0. The predicted octanol–water partition coefficient (Wildman–Crippen LogP) is 4.56. The van der Waals surface area contributed by atoms with Crippen LogP contribution in [0.25, 0.3) is 0 Å². The van der Waals surface area contributed by atoms with Crippen LogP contribution in [0.2, 0.25) is 0 Å². The number of aryl methyl sites for hydroxylation is 1. The minimum Gasteiger partial charge on any atom is -0.488 e. The van der Waals surface area contributed by atoms with Gasteiger partial charge < -0.3 is 9.64 Å². The number of nitrogens with zero attached hydrogens (tertiary/aromatic N) is 4. The van der Waals surface area contributed by atoms with E-state index in [-0.39, 0.29) is 41.5 Å². The summed E-state index contributed by atoms with van der Waals surface area (Å²) in [5, 5.41) is 13.8. The number of terminal acetylenes is 1. The second-order valence-electron chi connectivity index (χ2n) is 6.68. The van der Waals surface area contributed by atoms with E-state index in [0.29, 0.717) is 12.8 Å². The lowest BCUT2D eigenvalue weighted by atomic mass is 10.1. The fourth-order valence-electron chi connectivity index (χ4n) is 2.83. The zero-order valence-corrected chi connectivity index (χ0v) is 18.0. The van der Waals surface area contributed by atoms with Gasteiger partial charge >= 0.3 is 11.6 Å². The van der Waals surface area contributed by atoms with Crippen LogP contribution in [0.5, 0.6) is 0 Å².